The number of nitrogens with one attached hydrogen (secondary N) is 2. The Morgan fingerprint density at radius 3 is 2.77 bits per heavy atom. The monoisotopic (exact) mass is 185 g/mol. The maximum atomic E-state index is 5.37. The predicted molar refractivity (Wildman–Crippen MR) is 50.4 cm³/mol. The second kappa shape index (κ2) is 3.61. The first-order valence-electron chi connectivity index (χ1n) is 3.98. The lowest BCUT2D eigenvalue weighted by Gasteiger charge is -2.23. The molecule has 0 bridgehead atoms. The van der Waals surface area contributed by atoms with Crippen LogP contribution in [-0.2, 0) is 4.74 Å². The van der Waals surface area contributed by atoms with Crippen LogP contribution >= 0.6 is 0 Å². The normalized spacial score (nSPS) is 11.6. The van der Waals surface area contributed by atoms with E-state index in [0.29, 0.717) is 18.5 Å². The Kier molecular flexibility index (Phi) is 2.72. The molecule has 0 aromatic carbocycles. The summed E-state index contributed by atoms with van der Waals surface area (Å²) in [5, 5.41) is 9.48. The van der Waals surface area contributed by atoms with Gasteiger partial charge in [0.15, 0.2) is 0 Å². The molecule has 4 N–H and O–H groups in total. The molecule has 0 amide bonds. The molecule has 0 spiro atoms. The van der Waals surface area contributed by atoms with Crippen molar-refractivity contribution in [2.75, 3.05) is 24.8 Å². The van der Waals surface area contributed by atoms with Crippen LogP contribution < -0.4 is 11.1 Å². The summed E-state index contributed by atoms with van der Waals surface area (Å²) in [6.45, 7) is 4.55. The molecule has 6 heteroatoms. The highest BCUT2D eigenvalue weighted by atomic mass is 16.5. The molecule has 1 aromatic heterocycles. The van der Waals surface area contributed by atoms with E-state index in [1.807, 2.05) is 13.8 Å². The highest BCUT2D eigenvalue weighted by Crippen LogP contribution is 2.10. The van der Waals surface area contributed by atoms with Gasteiger partial charge in [0.1, 0.15) is 0 Å². The number of anilines is 2. The Hall–Kier alpha value is -1.30. The summed E-state index contributed by atoms with van der Waals surface area (Å²) in [6.07, 6.45) is 0. The average Bonchev–Trinajstić information content (AvgIpc) is 2.34. The Bertz CT molecular complexity index is 270. The number of nitrogen functional groups attached to an aromatic ring is 1. The van der Waals surface area contributed by atoms with E-state index in [4.69, 9.17) is 10.5 Å². The molecular formula is C7H15N5O. The third kappa shape index (κ3) is 2.90. The summed E-state index contributed by atoms with van der Waals surface area (Å²) < 4.78 is 5.03. The highest BCUT2D eigenvalue weighted by molar-refractivity contribution is 5.32. The number of nitrogens with zero attached hydrogens (tertiary/aromatic N) is 2. The minimum atomic E-state index is -0.205. The first-order valence-corrected chi connectivity index (χ1v) is 3.98. The molecule has 0 aliphatic carbocycles. The van der Waals surface area contributed by atoms with Gasteiger partial charge in [-0.3, -0.25) is 0 Å². The van der Waals surface area contributed by atoms with E-state index in [2.05, 4.69) is 20.5 Å². The van der Waals surface area contributed by atoms with Gasteiger partial charge in [-0.25, -0.2) is 5.10 Å². The Morgan fingerprint density at radius 1 is 1.62 bits per heavy atom. The van der Waals surface area contributed by atoms with Crippen LogP contribution in [0, 0.1) is 0 Å². The minimum absolute atomic E-state index is 0.205. The van der Waals surface area contributed by atoms with Crippen molar-refractivity contribution in [1.82, 2.24) is 15.2 Å². The summed E-state index contributed by atoms with van der Waals surface area (Å²) in [5.41, 5.74) is 5.17. The molecule has 0 unspecified atom stereocenters. The zero-order chi connectivity index (χ0) is 9.90. The number of hydrogen-bond donors (Lipinski definition) is 3. The van der Waals surface area contributed by atoms with Gasteiger partial charge >= 0.3 is 0 Å². The molecule has 1 rings (SSSR count). The van der Waals surface area contributed by atoms with Crippen LogP contribution in [-0.4, -0.2) is 34.4 Å². The second-order valence-corrected chi connectivity index (χ2v) is 3.49. The number of nitrogens with two attached hydrogens (primary N) is 1. The molecule has 74 valence electrons. The number of H-pyrrole nitrogens is 1. The standard InChI is InChI=1S/C7H15N5O/c1-7(2,4-13-3)10-6-9-5(8)11-12-6/h4H2,1-3H3,(H4,8,9,10,11,12). The molecule has 0 saturated carbocycles. The summed E-state index contributed by atoms with van der Waals surface area (Å²) in [6, 6.07) is 0. The van der Waals surface area contributed by atoms with Crippen LogP contribution in [0.1, 0.15) is 13.8 Å². The summed E-state index contributed by atoms with van der Waals surface area (Å²) in [4.78, 5) is 3.92. The van der Waals surface area contributed by atoms with E-state index >= 15 is 0 Å². The van der Waals surface area contributed by atoms with Gasteiger partial charge in [0, 0.05) is 7.11 Å². The molecule has 1 heterocycles. The smallest absolute Gasteiger partial charge is 0.244 e. The quantitative estimate of drug-likeness (QED) is 0.624. The molecular weight excluding hydrogens is 170 g/mol. The number of hydrogen-bond acceptors (Lipinski definition) is 5. The van der Waals surface area contributed by atoms with Crippen molar-refractivity contribution in [3.63, 3.8) is 0 Å². The van der Waals surface area contributed by atoms with E-state index in [1.165, 1.54) is 0 Å². The fraction of sp³-hybridized carbons (Fsp3) is 0.714. The molecule has 13 heavy (non-hydrogen) atoms. The molecule has 0 radical (unpaired) electrons. The van der Waals surface area contributed by atoms with Crippen LogP contribution in [0.3, 0.4) is 0 Å². The average molecular weight is 185 g/mol. The Labute approximate surface area is 76.9 Å². The number of aromatic amines is 1. The maximum absolute atomic E-state index is 5.37. The van der Waals surface area contributed by atoms with Crippen LogP contribution in [0.4, 0.5) is 11.9 Å². The summed E-state index contributed by atoms with van der Waals surface area (Å²) >= 11 is 0. The fourth-order valence-electron chi connectivity index (χ4n) is 1.03. The van der Waals surface area contributed by atoms with Gasteiger partial charge in [0.2, 0.25) is 11.9 Å². The first-order chi connectivity index (χ1) is 6.03. The van der Waals surface area contributed by atoms with Gasteiger partial charge in [-0.15, -0.1) is 5.10 Å². The van der Waals surface area contributed by atoms with Crippen molar-refractivity contribution in [1.29, 1.82) is 0 Å². The third-order valence-electron chi connectivity index (χ3n) is 1.46. The van der Waals surface area contributed by atoms with Crippen LogP contribution in [0.2, 0.25) is 0 Å². The minimum Gasteiger partial charge on any atom is -0.382 e. The van der Waals surface area contributed by atoms with Gasteiger partial charge in [0.25, 0.3) is 0 Å². The van der Waals surface area contributed by atoms with Crippen molar-refractivity contribution in [2.45, 2.75) is 19.4 Å². The largest absolute Gasteiger partial charge is 0.382 e. The van der Waals surface area contributed by atoms with Crippen LogP contribution in [0.15, 0.2) is 0 Å². The first kappa shape index (κ1) is 9.79. The van der Waals surface area contributed by atoms with Gasteiger partial charge in [0.05, 0.1) is 12.1 Å². The maximum Gasteiger partial charge on any atom is 0.244 e. The molecule has 0 aliphatic rings. The molecule has 6 nitrogen and oxygen atoms in total. The van der Waals surface area contributed by atoms with Crippen molar-refractivity contribution in [3.05, 3.63) is 0 Å². The lowest BCUT2D eigenvalue weighted by atomic mass is 10.1. The van der Waals surface area contributed by atoms with Gasteiger partial charge in [-0.1, -0.05) is 0 Å². The number of rotatable bonds is 4. The zero-order valence-corrected chi connectivity index (χ0v) is 8.09. The molecule has 0 saturated heterocycles. The summed E-state index contributed by atoms with van der Waals surface area (Å²) in [5.74, 6) is 0.787. The van der Waals surface area contributed by atoms with Gasteiger partial charge in [-0.2, -0.15) is 4.98 Å². The van der Waals surface area contributed by atoms with Crippen molar-refractivity contribution < 1.29 is 4.74 Å². The van der Waals surface area contributed by atoms with E-state index in [-0.39, 0.29) is 5.54 Å². The lowest BCUT2D eigenvalue weighted by molar-refractivity contribution is 0.158. The summed E-state index contributed by atoms with van der Waals surface area (Å²) in [7, 11) is 1.65. The Balaban J connectivity index is 2.57. The van der Waals surface area contributed by atoms with Crippen LogP contribution in [0.5, 0.6) is 0 Å². The van der Waals surface area contributed by atoms with E-state index in [1.54, 1.807) is 7.11 Å². The number of aromatic nitrogens is 3. The molecule has 1 aromatic rings. The number of methoxy groups -OCH3 is 1. The zero-order valence-electron chi connectivity index (χ0n) is 8.09. The third-order valence-corrected chi connectivity index (χ3v) is 1.46. The SMILES string of the molecule is COCC(C)(C)Nc1n[nH]c(N)n1. The number of ether oxygens (including phenoxy) is 1. The van der Waals surface area contributed by atoms with Crippen molar-refractivity contribution in [2.24, 2.45) is 0 Å². The highest BCUT2D eigenvalue weighted by Gasteiger charge is 2.18. The lowest BCUT2D eigenvalue weighted by Crippen LogP contribution is -2.36. The van der Waals surface area contributed by atoms with E-state index < -0.39 is 0 Å². The molecule has 0 aliphatic heterocycles. The molecule has 0 atom stereocenters. The molecule has 0 fully saturated rings. The van der Waals surface area contributed by atoms with Gasteiger partial charge in [-0.05, 0) is 13.8 Å². The topological polar surface area (TPSA) is 88.8 Å². The predicted octanol–water partition coefficient (Wildman–Crippen LogP) is 0.224. The van der Waals surface area contributed by atoms with Crippen molar-refractivity contribution in [3.8, 4) is 0 Å². The van der Waals surface area contributed by atoms with E-state index in [0.717, 1.165) is 0 Å². The van der Waals surface area contributed by atoms with Crippen molar-refractivity contribution >= 4 is 11.9 Å². The fourth-order valence-corrected chi connectivity index (χ4v) is 1.03. The second-order valence-electron chi connectivity index (χ2n) is 3.49. The Morgan fingerprint density at radius 2 is 2.31 bits per heavy atom. The van der Waals surface area contributed by atoms with E-state index in [9.17, 15) is 0 Å². The van der Waals surface area contributed by atoms with Crippen LogP contribution in [0.25, 0.3) is 0 Å². The van der Waals surface area contributed by atoms with Gasteiger partial charge < -0.3 is 15.8 Å².